The first-order valence-electron chi connectivity index (χ1n) is 5.77. The number of amides is 1. The number of carbonyl (C=O) groups excluding carboxylic acids is 1. The highest BCUT2D eigenvalue weighted by Crippen LogP contribution is 2.37. The summed E-state index contributed by atoms with van der Waals surface area (Å²) in [5, 5.41) is 4.42. The second-order valence-corrected chi connectivity index (χ2v) is 6.08. The van der Waals surface area contributed by atoms with Crippen molar-refractivity contribution >= 4 is 43.9 Å². The Bertz CT molecular complexity index is 793. The largest absolute Gasteiger partial charge is 0.418 e. The van der Waals surface area contributed by atoms with Gasteiger partial charge < -0.3 is 0 Å². The number of nitrogens with one attached hydrogen (secondary N) is 1. The second kappa shape index (κ2) is 5.12. The van der Waals surface area contributed by atoms with Crippen LogP contribution in [0.1, 0.15) is 15.2 Å². The van der Waals surface area contributed by atoms with Crippen molar-refractivity contribution in [1.82, 2.24) is 4.98 Å². The maximum atomic E-state index is 12.9. The Balaban J connectivity index is 1.97. The van der Waals surface area contributed by atoms with Gasteiger partial charge in [0.1, 0.15) is 0 Å². The molecule has 108 valence electrons. The number of aromatic nitrogens is 1. The molecule has 3 nitrogen and oxygen atoms in total. The summed E-state index contributed by atoms with van der Waals surface area (Å²) in [5.74, 6) is -0.377. The summed E-state index contributed by atoms with van der Waals surface area (Å²) in [6.07, 6.45) is -4.47. The fraction of sp³-hybridized carbons (Fsp3) is 0.0769. The molecule has 0 unspecified atom stereocenters. The molecule has 8 heteroatoms. The first kappa shape index (κ1) is 14.0. The van der Waals surface area contributed by atoms with E-state index in [1.165, 1.54) is 17.4 Å². The lowest BCUT2D eigenvalue weighted by molar-refractivity contribution is -0.136. The molecule has 0 spiro atoms. The number of thiophene rings is 1. The molecule has 0 saturated carbocycles. The average Bonchev–Trinajstić information content (AvgIpc) is 3.05. The standard InChI is InChI=1S/C13H7F3N2OS2/c14-13(15,16)7-3-1-4-8-10(7)17-12(21-8)18-11(19)9-5-2-6-20-9/h1-6H,(H,17,18,19). The lowest BCUT2D eigenvalue weighted by Gasteiger charge is -2.05. The third-order valence-corrected chi connectivity index (χ3v) is 4.49. The van der Waals surface area contributed by atoms with E-state index < -0.39 is 11.7 Å². The topological polar surface area (TPSA) is 42.0 Å². The summed E-state index contributed by atoms with van der Waals surface area (Å²) in [7, 11) is 0. The third-order valence-electron chi connectivity index (χ3n) is 2.69. The third kappa shape index (κ3) is 2.77. The summed E-state index contributed by atoms with van der Waals surface area (Å²) in [6, 6.07) is 7.21. The van der Waals surface area contributed by atoms with Crippen LogP contribution in [0.4, 0.5) is 18.3 Å². The van der Waals surface area contributed by atoms with Gasteiger partial charge in [0.25, 0.3) is 5.91 Å². The minimum Gasteiger partial charge on any atom is -0.297 e. The van der Waals surface area contributed by atoms with Crippen molar-refractivity contribution in [3.05, 3.63) is 46.2 Å². The van der Waals surface area contributed by atoms with Crippen molar-refractivity contribution in [2.24, 2.45) is 0 Å². The molecule has 0 aliphatic heterocycles. The van der Waals surface area contributed by atoms with E-state index in [0.717, 1.165) is 17.4 Å². The smallest absolute Gasteiger partial charge is 0.297 e. The fourth-order valence-corrected chi connectivity index (χ4v) is 3.30. The lowest BCUT2D eigenvalue weighted by atomic mass is 10.2. The number of para-hydroxylation sites is 1. The van der Waals surface area contributed by atoms with Gasteiger partial charge in [-0.25, -0.2) is 4.98 Å². The van der Waals surface area contributed by atoms with Gasteiger partial charge in [0, 0.05) is 0 Å². The predicted molar refractivity (Wildman–Crippen MR) is 76.9 cm³/mol. The fourth-order valence-electron chi connectivity index (χ4n) is 1.80. The number of hydrogen-bond acceptors (Lipinski definition) is 4. The molecule has 0 fully saturated rings. The molecule has 1 amide bonds. The number of alkyl halides is 3. The van der Waals surface area contributed by atoms with Crippen LogP contribution in [0.25, 0.3) is 10.2 Å². The normalized spacial score (nSPS) is 11.8. The molecular formula is C13H7F3N2OS2. The van der Waals surface area contributed by atoms with Crippen molar-refractivity contribution in [3.8, 4) is 0 Å². The Labute approximate surface area is 125 Å². The summed E-state index contributed by atoms with van der Waals surface area (Å²) in [6.45, 7) is 0. The Morgan fingerprint density at radius 1 is 1.19 bits per heavy atom. The Kier molecular flexibility index (Phi) is 3.42. The van der Waals surface area contributed by atoms with Gasteiger partial charge in [0.05, 0.1) is 20.7 Å². The highest BCUT2D eigenvalue weighted by atomic mass is 32.1. The average molecular weight is 328 g/mol. The molecule has 0 atom stereocenters. The van der Waals surface area contributed by atoms with E-state index in [0.29, 0.717) is 9.58 Å². The number of halogens is 3. The minimum absolute atomic E-state index is 0.142. The maximum absolute atomic E-state index is 12.9. The van der Waals surface area contributed by atoms with E-state index in [2.05, 4.69) is 10.3 Å². The molecule has 3 aromatic rings. The monoisotopic (exact) mass is 328 g/mol. The molecule has 0 radical (unpaired) electrons. The van der Waals surface area contributed by atoms with Crippen LogP contribution in [-0.4, -0.2) is 10.9 Å². The van der Waals surface area contributed by atoms with Gasteiger partial charge in [-0.3, -0.25) is 10.1 Å². The Morgan fingerprint density at radius 3 is 2.67 bits per heavy atom. The summed E-state index contributed by atoms with van der Waals surface area (Å²) >= 11 is 2.26. The van der Waals surface area contributed by atoms with Crippen molar-refractivity contribution in [1.29, 1.82) is 0 Å². The molecule has 3 rings (SSSR count). The summed E-state index contributed by atoms with van der Waals surface area (Å²) in [4.78, 5) is 16.3. The minimum atomic E-state index is -4.47. The van der Waals surface area contributed by atoms with E-state index in [4.69, 9.17) is 0 Å². The zero-order valence-corrected chi connectivity index (χ0v) is 11.9. The number of nitrogens with zero attached hydrogens (tertiary/aromatic N) is 1. The van der Waals surface area contributed by atoms with Gasteiger partial charge in [0.15, 0.2) is 5.13 Å². The van der Waals surface area contributed by atoms with Crippen LogP contribution in [0.2, 0.25) is 0 Å². The molecule has 1 aromatic carbocycles. The van der Waals surface area contributed by atoms with Gasteiger partial charge in [-0.2, -0.15) is 13.2 Å². The molecule has 21 heavy (non-hydrogen) atoms. The second-order valence-electron chi connectivity index (χ2n) is 4.10. The van der Waals surface area contributed by atoms with Gasteiger partial charge in [-0.15, -0.1) is 11.3 Å². The SMILES string of the molecule is O=C(Nc1nc2c(C(F)(F)F)cccc2s1)c1cccs1. The van der Waals surface area contributed by atoms with Gasteiger partial charge in [-0.1, -0.05) is 23.5 Å². The number of anilines is 1. The molecular weight excluding hydrogens is 321 g/mol. The van der Waals surface area contributed by atoms with E-state index in [1.807, 2.05) is 0 Å². The van der Waals surface area contributed by atoms with Crippen LogP contribution in [0, 0.1) is 0 Å². The number of carbonyl (C=O) groups is 1. The maximum Gasteiger partial charge on any atom is 0.418 e. The van der Waals surface area contributed by atoms with E-state index in [-0.39, 0.29) is 16.6 Å². The molecule has 2 heterocycles. The molecule has 0 saturated heterocycles. The highest BCUT2D eigenvalue weighted by molar-refractivity contribution is 7.22. The Morgan fingerprint density at radius 2 is 2.00 bits per heavy atom. The molecule has 1 N–H and O–H groups in total. The summed E-state index contributed by atoms with van der Waals surface area (Å²) in [5.41, 5.74) is -0.940. The van der Waals surface area contributed by atoms with Crippen LogP contribution in [0.5, 0.6) is 0 Å². The molecule has 0 bridgehead atoms. The quantitative estimate of drug-likeness (QED) is 0.745. The lowest BCUT2D eigenvalue weighted by Crippen LogP contribution is -2.10. The van der Waals surface area contributed by atoms with Gasteiger partial charge >= 0.3 is 6.18 Å². The number of hydrogen-bond donors (Lipinski definition) is 1. The van der Waals surface area contributed by atoms with E-state index in [1.54, 1.807) is 23.6 Å². The van der Waals surface area contributed by atoms with Gasteiger partial charge in [-0.05, 0) is 23.6 Å². The van der Waals surface area contributed by atoms with E-state index >= 15 is 0 Å². The van der Waals surface area contributed by atoms with Gasteiger partial charge in [0.2, 0.25) is 0 Å². The molecule has 2 aromatic heterocycles. The van der Waals surface area contributed by atoms with Crippen LogP contribution < -0.4 is 5.32 Å². The van der Waals surface area contributed by atoms with Crippen molar-refractivity contribution in [2.75, 3.05) is 5.32 Å². The number of fused-ring (bicyclic) bond motifs is 1. The first-order chi connectivity index (χ1) is 9.95. The predicted octanol–water partition coefficient (Wildman–Crippen LogP) is 4.63. The first-order valence-corrected chi connectivity index (χ1v) is 7.46. The van der Waals surface area contributed by atoms with Crippen molar-refractivity contribution in [3.63, 3.8) is 0 Å². The van der Waals surface area contributed by atoms with Crippen LogP contribution >= 0.6 is 22.7 Å². The van der Waals surface area contributed by atoms with E-state index in [9.17, 15) is 18.0 Å². The zero-order valence-electron chi connectivity index (χ0n) is 10.3. The van der Waals surface area contributed by atoms with Crippen LogP contribution in [0.3, 0.4) is 0 Å². The summed E-state index contributed by atoms with van der Waals surface area (Å²) < 4.78 is 39.1. The van der Waals surface area contributed by atoms with Crippen molar-refractivity contribution in [2.45, 2.75) is 6.18 Å². The van der Waals surface area contributed by atoms with Crippen LogP contribution in [-0.2, 0) is 6.18 Å². The Hall–Kier alpha value is -1.93. The molecule has 0 aliphatic carbocycles. The molecule has 0 aliphatic rings. The number of rotatable bonds is 2. The zero-order chi connectivity index (χ0) is 15.0. The van der Waals surface area contributed by atoms with Crippen molar-refractivity contribution < 1.29 is 18.0 Å². The highest BCUT2D eigenvalue weighted by Gasteiger charge is 2.33. The number of thiazole rings is 1. The van der Waals surface area contributed by atoms with Crippen LogP contribution in [0.15, 0.2) is 35.7 Å². The number of benzene rings is 1.